The average molecular weight is 411 g/mol. The maximum Gasteiger partial charge on any atom is 0.263 e. The van der Waals surface area contributed by atoms with Gasteiger partial charge < -0.3 is 14.6 Å². The van der Waals surface area contributed by atoms with E-state index in [9.17, 15) is 4.79 Å². The summed E-state index contributed by atoms with van der Waals surface area (Å²) in [6.07, 6.45) is 1.42. The number of aromatic nitrogens is 1. The van der Waals surface area contributed by atoms with Crippen molar-refractivity contribution < 1.29 is 9.53 Å². The van der Waals surface area contributed by atoms with Crippen molar-refractivity contribution in [2.75, 3.05) is 13.1 Å². The zero-order chi connectivity index (χ0) is 20.5. The zero-order valence-electron chi connectivity index (χ0n) is 17.2. The minimum Gasteiger partial charge on any atom is -0.481 e. The summed E-state index contributed by atoms with van der Waals surface area (Å²) in [5.74, 6) is 1.16. The summed E-state index contributed by atoms with van der Waals surface area (Å²) in [5, 5.41) is 1.96. The number of rotatable bonds is 4. The third kappa shape index (κ3) is 4.13. The van der Waals surface area contributed by atoms with Gasteiger partial charge in [0.25, 0.3) is 5.91 Å². The Morgan fingerprint density at radius 2 is 1.83 bits per heavy atom. The van der Waals surface area contributed by atoms with Crippen molar-refractivity contribution in [3.8, 4) is 5.75 Å². The molecule has 2 aromatic carbocycles. The molecule has 1 aromatic heterocycles. The van der Waals surface area contributed by atoms with E-state index >= 15 is 0 Å². The van der Waals surface area contributed by atoms with Crippen molar-refractivity contribution in [2.24, 2.45) is 0 Å². The van der Waals surface area contributed by atoms with Crippen LogP contribution in [0.3, 0.4) is 0 Å². The maximum absolute atomic E-state index is 12.8. The summed E-state index contributed by atoms with van der Waals surface area (Å²) in [5.41, 5.74) is 5.14. The second-order valence-corrected chi connectivity index (χ2v) is 8.46. The lowest BCUT2D eigenvalue weighted by atomic mass is 9.91. The van der Waals surface area contributed by atoms with Gasteiger partial charge >= 0.3 is 0 Å². The minimum atomic E-state index is -0.509. The first kappa shape index (κ1) is 19.8. The number of fused-ring (bicyclic) bond motifs is 1. The summed E-state index contributed by atoms with van der Waals surface area (Å²) >= 11 is 5.91. The average Bonchev–Trinajstić information content (AvgIpc) is 3.05. The minimum absolute atomic E-state index is 0.0439. The van der Waals surface area contributed by atoms with Gasteiger partial charge in [-0.2, -0.15) is 0 Å². The Morgan fingerprint density at radius 1 is 1.14 bits per heavy atom. The van der Waals surface area contributed by atoms with Gasteiger partial charge in [-0.05, 0) is 75.6 Å². The molecule has 1 fully saturated rings. The number of aryl methyl sites for hydroxylation is 2. The molecule has 5 heteroatoms. The van der Waals surface area contributed by atoms with E-state index in [0.717, 1.165) is 25.9 Å². The standard InChI is InChI=1S/C24H27ClN2O2/c1-15-4-9-22-21(14-15)16(2)23(26-22)18-10-12-27(13-11-18)24(28)17(3)29-20-7-5-19(25)6-8-20/h4-9,14,17-18,26H,10-13H2,1-3H3. The molecule has 1 unspecified atom stereocenters. The van der Waals surface area contributed by atoms with Crippen LogP contribution in [0.15, 0.2) is 42.5 Å². The number of H-pyrrole nitrogens is 1. The number of benzene rings is 2. The summed E-state index contributed by atoms with van der Waals surface area (Å²) in [4.78, 5) is 18.4. The first-order valence-electron chi connectivity index (χ1n) is 10.2. The molecule has 0 aliphatic carbocycles. The molecular formula is C24H27ClN2O2. The van der Waals surface area contributed by atoms with Crippen LogP contribution in [0.1, 0.15) is 42.5 Å². The monoisotopic (exact) mass is 410 g/mol. The largest absolute Gasteiger partial charge is 0.481 e. The normalized spacial score (nSPS) is 16.2. The molecule has 0 saturated carbocycles. The van der Waals surface area contributed by atoms with Crippen LogP contribution >= 0.6 is 11.6 Å². The van der Waals surface area contributed by atoms with Gasteiger partial charge in [-0.3, -0.25) is 4.79 Å². The van der Waals surface area contributed by atoms with Crippen molar-refractivity contribution in [1.82, 2.24) is 9.88 Å². The van der Waals surface area contributed by atoms with Gasteiger partial charge in [-0.25, -0.2) is 0 Å². The molecule has 0 spiro atoms. The molecule has 1 N–H and O–H groups in total. The number of piperidine rings is 1. The number of hydrogen-bond donors (Lipinski definition) is 1. The van der Waals surface area contributed by atoms with E-state index < -0.39 is 6.10 Å². The van der Waals surface area contributed by atoms with Crippen LogP contribution in [-0.4, -0.2) is 35.0 Å². The number of nitrogens with one attached hydrogen (secondary N) is 1. The lowest BCUT2D eigenvalue weighted by Gasteiger charge is -2.33. The number of likely N-dealkylation sites (tertiary alicyclic amines) is 1. The third-order valence-electron chi connectivity index (χ3n) is 5.94. The van der Waals surface area contributed by atoms with Crippen LogP contribution in [0.5, 0.6) is 5.75 Å². The van der Waals surface area contributed by atoms with E-state index in [4.69, 9.17) is 16.3 Å². The summed E-state index contributed by atoms with van der Waals surface area (Å²) in [6, 6.07) is 13.7. The highest BCUT2D eigenvalue weighted by molar-refractivity contribution is 6.30. The zero-order valence-corrected chi connectivity index (χ0v) is 17.9. The number of ether oxygens (including phenoxy) is 1. The summed E-state index contributed by atoms with van der Waals surface area (Å²) in [6.45, 7) is 7.65. The quantitative estimate of drug-likeness (QED) is 0.607. The van der Waals surface area contributed by atoms with Crippen molar-refractivity contribution in [3.63, 3.8) is 0 Å². The smallest absolute Gasteiger partial charge is 0.263 e. The molecule has 2 heterocycles. The Kier molecular flexibility index (Phi) is 5.55. The SMILES string of the molecule is Cc1ccc2[nH]c(C3CCN(C(=O)C(C)Oc4ccc(Cl)cc4)CC3)c(C)c2c1. The second-order valence-electron chi connectivity index (χ2n) is 8.03. The molecule has 29 heavy (non-hydrogen) atoms. The van der Waals surface area contributed by atoms with Crippen LogP contribution in [0, 0.1) is 13.8 Å². The van der Waals surface area contributed by atoms with Gasteiger partial charge in [0.1, 0.15) is 5.75 Å². The van der Waals surface area contributed by atoms with Gasteiger partial charge in [0.15, 0.2) is 6.10 Å². The molecule has 1 aliphatic heterocycles. The first-order valence-corrected chi connectivity index (χ1v) is 10.6. The number of nitrogens with zero attached hydrogens (tertiary/aromatic N) is 1. The van der Waals surface area contributed by atoms with Crippen LogP contribution < -0.4 is 4.74 Å². The topological polar surface area (TPSA) is 45.3 Å². The van der Waals surface area contributed by atoms with Crippen molar-refractivity contribution in [2.45, 2.75) is 45.6 Å². The van der Waals surface area contributed by atoms with E-state index in [0.29, 0.717) is 16.7 Å². The Morgan fingerprint density at radius 3 is 2.52 bits per heavy atom. The van der Waals surface area contributed by atoms with Crippen LogP contribution in [-0.2, 0) is 4.79 Å². The van der Waals surface area contributed by atoms with Crippen molar-refractivity contribution >= 4 is 28.4 Å². The fourth-order valence-electron chi connectivity index (χ4n) is 4.28. The van der Waals surface area contributed by atoms with E-state index in [2.05, 4.69) is 37.0 Å². The van der Waals surface area contributed by atoms with Gasteiger partial charge in [0, 0.05) is 40.6 Å². The number of amides is 1. The van der Waals surface area contributed by atoms with E-state index in [1.54, 1.807) is 24.3 Å². The first-order chi connectivity index (χ1) is 13.9. The van der Waals surface area contributed by atoms with Gasteiger partial charge in [-0.1, -0.05) is 23.2 Å². The molecule has 1 atom stereocenters. The Balaban J connectivity index is 1.39. The summed E-state index contributed by atoms with van der Waals surface area (Å²) in [7, 11) is 0. The van der Waals surface area contributed by atoms with Gasteiger partial charge in [0.2, 0.25) is 0 Å². The molecule has 1 aliphatic rings. The predicted octanol–water partition coefficient (Wildman–Crippen LogP) is 5.61. The number of carbonyl (C=O) groups is 1. The fourth-order valence-corrected chi connectivity index (χ4v) is 4.41. The number of hydrogen-bond acceptors (Lipinski definition) is 2. The fraction of sp³-hybridized carbons (Fsp3) is 0.375. The number of carbonyl (C=O) groups excluding carboxylic acids is 1. The highest BCUT2D eigenvalue weighted by Crippen LogP contribution is 2.34. The van der Waals surface area contributed by atoms with Crippen LogP contribution in [0.2, 0.25) is 5.02 Å². The Labute approximate surface area is 176 Å². The van der Waals surface area contributed by atoms with Crippen molar-refractivity contribution in [1.29, 1.82) is 0 Å². The molecule has 3 aromatic rings. The maximum atomic E-state index is 12.8. The molecule has 152 valence electrons. The molecular weight excluding hydrogens is 384 g/mol. The van der Waals surface area contributed by atoms with Gasteiger partial charge in [0.05, 0.1) is 0 Å². The molecule has 0 radical (unpaired) electrons. The van der Waals surface area contributed by atoms with Crippen molar-refractivity contribution in [3.05, 3.63) is 64.3 Å². The third-order valence-corrected chi connectivity index (χ3v) is 6.19. The van der Waals surface area contributed by atoms with E-state index in [1.807, 2.05) is 11.8 Å². The highest BCUT2D eigenvalue weighted by Gasteiger charge is 2.29. The van der Waals surface area contributed by atoms with Crippen LogP contribution in [0.25, 0.3) is 10.9 Å². The van der Waals surface area contributed by atoms with E-state index in [1.165, 1.54) is 27.7 Å². The van der Waals surface area contributed by atoms with Crippen LogP contribution in [0.4, 0.5) is 0 Å². The Hall–Kier alpha value is -2.46. The molecule has 1 amide bonds. The number of halogens is 1. The lowest BCUT2D eigenvalue weighted by Crippen LogP contribution is -2.44. The van der Waals surface area contributed by atoms with Gasteiger partial charge in [-0.15, -0.1) is 0 Å². The van der Waals surface area contributed by atoms with E-state index in [-0.39, 0.29) is 5.91 Å². The molecule has 4 nitrogen and oxygen atoms in total. The predicted molar refractivity (Wildman–Crippen MR) is 118 cm³/mol. The highest BCUT2D eigenvalue weighted by atomic mass is 35.5. The lowest BCUT2D eigenvalue weighted by molar-refractivity contribution is -0.139. The summed E-state index contributed by atoms with van der Waals surface area (Å²) < 4.78 is 5.81. The molecule has 0 bridgehead atoms. The Bertz CT molecular complexity index is 1020. The molecule has 1 saturated heterocycles. The molecule has 4 rings (SSSR count). The number of aromatic amines is 1. The second kappa shape index (κ2) is 8.11.